The lowest BCUT2D eigenvalue weighted by Crippen LogP contribution is -2.14. The zero-order valence-electron chi connectivity index (χ0n) is 16.7. The van der Waals surface area contributed by atoms with E-state index in [-0.39, 0.29) is 29.2 Å². The molecule has 9 heteroatoms. The van der Waals surface area contributed by atoms with Gasteiger partial charge in [0.05, 0.1) is 18.4 Å². The molecule has 158 valence electrons. The third kappa shape index (κ3) is 4.97. The van der Waals surface area contributed by atoms with Crippen molar-refractivity contribution in [2.24, 2.45) is 5.92 Å². The summed E-state index contributed by atoms with van der Waals surface area (Å²) in [4.78, 5) is 16.3. The summed E-state index contributed by atoms with van der Waals surface area (Å²) in [6, 6.07) is 11.7. The first-order valence-corrected chi connectivity index (χ1v) is 9.26. The highest BCUT2D eigenvalue weighted by atomic mass is 19.4. The van der Waals surface area contributed by atoms with Crippen molar-refractivity contribution in [3.8, 4) is 23.1 Å². The minimum atomic E-state index is -4.48. The van der Waals surface area contributed by atoms with Crippen molar-refractivity contribution in [3.05, 3.63) is 54.1 Å². The molecule has 0 saturated carbocycles. The van der Waals surface area contributed by atoms with E-state index in [2.05, 4.69) is 15.4 Å². The topological polar surface area (TPSA) is 69.0 Å². The molecule has 1 N–H and O–H groups in total. The van der Waals surface area contributed by atoms with Gasteiger partial charge in [0, 0.05) is 17.7 Å². The number of halogens is 3. The molecule has 6 nitrogen and oxygen atoms in total. The molecular formula is C21H21F3N4O2. The van der Waals surface area contributed by atoms with Crippen molar-refractivity contribution in [2.45, 2.75) is 26.4 Å². The van der Waals surface area contributed by atoms with Gasteiger partial charge in [-0.25, -0.2) is 4.68 Å². The maximum Gasteiger partial charge on any atom is 0.416 e. The van der Waals surface area contributed by atoms with Crippen molar-refractivity contribution in [1.82, 2.24) is 14.8 Å². The summed E-state index contributed by atoms with van der Waals surface area (Å²) >= 11 is 0. The summed E-state index contributed by atoms with van der Waals surface area (Å²) in [7, 11) is 1.37. The molecule has 2 aromatic carbocycles. The lowest BCUT2D eigenvalue weighted by atomic mass is 10.1. The zero-order chi connectivity index (χ0) is 21.9. The van der Waals surface area contributed by atoms with Gasteiger partial charge < -0.3 is 10.1 Å². The molecule has 0 aliphatic heterocycles. The van der Waals surface area contributed by atoms with Crippen LogP contribution in [0, 0.1) is 5.92 Å². The summed E-state index contributed by atoms with van der Waals surface area (Å²) in [6.45, 7) is 3.89. The van der Waals surface area contributed by atoms with Crippen LogP contribution in [-0.4, -0.2) is 27.8 Å². The predicted molar refractivity (Wildman–Crippen MR) is 106 cm³/mol. The summed E-state index contributed by atoms with van der Waals surface area (Å²) in [5.41, 5.74) is 0.501. The number of methoxy groups -OCH3 is 1. The molecule has 3 rings (SSSR count). The summed E-state index contributed by atoms with van der Waals surface area (Å²) < 4.78 is 45.9. The van der Waals surface area contributed by atoms with Crippen LogP contribution in [0.15, 0.2) is 48.5 Å². The van der Waals surface area contributed by atoms with E-state index in [4.69, 9.17) is 4.74 Å². The molecule has 0 unspecified atom stereocenters. The Morgan fingerprint density at radius 2 is 1.90 bits per heavy atom. The normalized spacial score (nSPS) is 11.6. The number of ether oxygens (including phenoxy) is 1. The van der Waals surface area contributed by atoms with E-state index in [9.17, 15) is 18.0 Å². The number of rotatable bonds is 6. The third-order valence-electron chi connectivity index (χ3n) is 4.19. The number of hydrogen-bond donors (Lipinski definition) is 1. The molecule has 0 atom stereocenters. The Bertz CT molecular complexity index is 1040. The number of carbonyl (C=O) groups excluding carboxylic acids is 1. The van der Waals surface area contributed by atoms with Crippen molar-refractivity contribution in [3.63, 3.8) is 0 Å². The quantitative estimate of drug-likeness (QED) is 0.615. The van der Waals surface area contributed by atoms with Crippen LogP contribution in [0.4, 0.5) is 18.9 Å². The number of alkyl halides is 3. The Morgan fingerprint density at radius 3 is 2.57 bits per heavy atom. The molecule has 0 fully saturated rings. The van der Waals surface area contributed by atoms with E-state index < -0.39 is 11.7 Å². The first kappa shape index (κ1) is 21.4. The molecular weight excluding hydrogens is 397 g/mol. The average molecular weight is 418 g/mol. The number of amides is 1. The van der Waals surface area contributed by atoms with Gasteiger partial charge in [-0.3, -0.25) is 4.79 Å². The Morgan fingerprint density at radius 1 is 1.17 bits per heavy atom. The zero-order valence-corrected chi connectivity index (χ0v) is 16.7. The lowest BCUT2D eigenvalue weighted by Gasteiger charge is -2.11. The molecule has 30 heavy (non-hydrogen) atoms. The van der Waals surface area contributed by atoms with Crippen LogP contribution in [0.25, 0.3) is 17.1 Å². The van der Waals surface area contributed by atoms with Crippen molar-refractivity contribution in [2.75, 3.05) is 12.4 Å². The van der Waals surface area contributed by atoms with Crippen LogP contribution in [0.1, 0.15) is 25.8 Å². The van der Waals surface area contributed by atoms with Gasteiger partial charge in [-0.05, 0) is 36.2 Å². The van der Waals surface area contributed by atoms with E-state index in [0.717, 1.165) is 12.1 Å². The first-order chi connectivity index (χ1) is 14.2. The molecule has 0 aliphatic rings. The van der Waals surface area contributed by atoms with Gasteiger partial charge in [0.1, 0.15) is 0 Å². The van der Waals surface area contributed by atoms with Gasteiger partial charge in [-0.1, -0.05) is 32.0 Å². The molecule has 1 aromatic heterocycles. The Balaban J connectivity index is 2.01. The van der Waals surface area contributed by atoms with Crippen molar-refractivity contribution in [1.29, 1.82) is 0 Å². The second kappa shape index (κ2) is 8.56. The smallest absolute Gasteiger partial charge is 0.416 e. The number of anilines is 1. The van der Waals surface area contributed by atoms with Crippen LogP contribution in [-0.2, 0) is 11.0 Å². The largest absolute Gasteiger partial charge is 0.466 e. The van der Waals surface area contributed by atoms with Gasteiger partial charge in [0.25, 0.3) is 0 Å². The summed E-state index contributed by atoms with van der Waals surface area (Å²) in [5.74, 6) is 0.264. The molecule has 3 aromatic rings. The van der Waals surface area contributed by atoms with Crippen molar-refractivity contribution < 1.29 is 22.7 Å². The molecule has 0 bridgehead atoms. The molecule has 0 aliphatic carbocycles. The highest BCUT2D eigenvalue weighted by Crippen LogP contribution is 2.33. The maximum absolute atomic E-state index is 13.1. The first-order valence-electron chi connectivity index (χ1n) is 9.26. The van der Waals surface area contributed by atoms with Crippen LogP contribution in [0.2, 0.25) is 0 Å². The summed E-state index contributed by atoms with van der Waals surface area (Å²) in [6.07, 6.45) is -4.11. The highest BCUT2D eigenvalue weighted by molar-refractivity contribution is 5.91. The molecule has 0 saturated heterocycles. The van der Waals surface area contributed by atoms with Crippen LogP contribution >= 0.6 is 0 Å². The number of aromatic nitrogens is 3. The van der Waals surface area contributed by atoms with Crippen LogP contribution in [0.3, 0.4) is 0 Å². The van der Waals surface area contributed by atoms with Crippen LogP contribution < -0.4 is 10.1 Å². The minimum absolute atomic E-state index is 0.0108. The third-order valence-corrected chi connectivity index (χ3v) is 4.19. The van der Waals surface area contributed by atoms with Gasteiger partial charge >= 0.3 is 12.2 Å². The Hall–Kier alpha value is -3.36. The van der Waals surface area contributed by atoms with Gasteiger partial charge in [-0.15, -0.1) is 5.10 Å². The fourth-order valence-corrected chi connectivity index (χ4v) is 2.88. The molecule has 1 amide bonds. The fraction of sp³-hybridized carbons (Fsp3) is 0.286. The van der Waals surface area contributed by atoms with E-state index >= 15 is 0 Å². The predicted octanol–water partition coefficient (Wildman–Crippen LogP) is 4.95. The standard InChI is InChI=1S/C21H21F3N4O2/c1-13(2)10-18(29)25-16-8-5-9-17(12-16)28-19(26-20(27-28)30-3)14-6-4-7-15(11-14)21(22,23)24/h4-9,11-13H,10H2,1-3H3,(H,25,29). The average Bonchev–Trinajstić information content (AvgIpc) is 3.11. The fourth-order valence-electron chi connectivity index (χ4n) is 2.88. The summed E-state index contributed by atoms with van der Waals surface area (Å²) in [5, 5.41) is 7.04. The van der Waals surface area contributed by atoms with Gasteiger partial charge in [0.2, 0.25) is 5.91 Å². The van der Waals surface area contributed by atoms with Gasteiger partial charge in [-0.2, -0.15) is 18.2 Å². The number of hydrogen-bond acceptors (Lipinski definition) is 4. The van der Waals surface area contributed by atoms with E-state index in [1.807, 2.05) is 13.8 Å². The second-order valence-electron chi connectivity index (χ2n) is 7.11. The highest BCUT2D eigenvalue weighted by Gasteiger charge is 2.31. The number of benzene rings is 2. The van der Waals surface area contributed by atoms with Gasteiger partial charge in [0.15, 0.2) is 5.82 Å². The SMILES string of the molecule is COc1nc(-c2cccc(C(F)(F)F)c2)n(-c2cccc(NC(=O)CC(C)C)c2)n1. The van der Waals surface area contributed by atoms with Crippen LogP contribution in [0.5, 0.6) is 6.01 Å². The number of nitrogens with one attached hydrogen (secondary N) is 1. The second-order valence-corrected chi connectivity index (χ2v) is 7.11. The van der Waals surface area contributed by atoms with Crippen molar-refractivity contribution >= 4 is 11.6 Å². The lowest BCUT2D eigenvalue weighted by molar-refractivity contribution is -0.137. The number of carbonyl (C=O) groups is 1. The molecule has 0 spiro atoms. The maximum atomic E-state index is 13.1. The Labute approximate surface area is 171 Å². The monoisotopic (exact) mass is 418 g/mol. The van der Waals surface area contributed by atoms with E-state index in [1.165, 1.54) is 23.9 Å². The van der Waals surface area contributed by atoms with E-state index in [1.54, 1.807) is 24.3 Å². The van der Waals surface area contributed by atoms with E-state index in [0.29, 0.717) is 17.8 Å². The minimum Gasteiger partial charge on any atom is -0.466 e. The molecule has 0 radical (unpaired) electrons. The number of nitrogens with zero attached hydrogens (tertiary/aromatic N) is 3. The molecule has 1 heterocycles. The Kier molecular flexibility index (Phi) is 6.09.